The maximum absolute atomic E-state index is 12.8. The fraction of sp³-hybridized carbons (Fsp3) is 0.227. The van der Waals surface area contributed by atoms with Crippen LogP contribution in [0.25, 0.3) is 6.08 Å². The Morgan fingerprint density at radius 1 is 1.22 bits per heavy atom. The van der Waals surface area contributed by atoms with Gasteiger partial charge in [-0.15, -0.1) is 0 Å². The van der Waals surface area contributed by atoms with E-state index in [9.17, 15) is 24.5 Å². The lowest BCUT2D eigenvalue weighted by molar-refractivity contribution is -0.384. The van der Waals surface area contributed by atoms with Gasteiger partial charge in [0.05, 0.1) is 16.4 Å². The zero-order chi connectivity index (χ0) is 23.3. The number of rotatable bonds is 8. The fourth-order valence-electron chi connectivity index (χ4n) is 2.98. The standard InChI is InChI=1S/C22H20N2O7S/c1-3-30-21(26)14(2)23-20(25)19(32-22(23)27)12-16-8-4-5-10-18(16)31-13-15-7-6-9-17(11-15)24(28)29/h4-12,14H,3,13H2,1-2H3. The van der Waals surface area contributed by atoms with E-state index in [0.29, 0.717) is 16.9 Å². The molecule has 0 bridgehead atoms. The van der Waals surface area contributed by atoms with E-state index in [2.05, 4.69) is 0 Å². The third kappa shape index (κ3) is 5.14. The smallest absolute Gasteiger partial charge is 0.329 e. The summed E-state index contributed by atoms with van der Waals surface area (Å²) >= 11 is 0.729. The molecule has 166 valence electrons. The normalized spacial score (nSPS) is 15.7. The van der Waals surface area contributed by atoms with E-state index in [1.165, 1.54) is 25.1 Å². The number of nitro groups is 1. The Hall–Kier alpha value is -3.66. The molecule has 1 heterocycles. The summed E-state index contributed by atoms with van der Waals surface area (Å²) in [5.74, 6) is -0.810. The second-order valence-corrected chi connectivity index (χ2v) is 7.73. The van der Waals surface area contributed by atoms with Crippen molar-refractivity contribution in [3.63, 3.8) is 0 Å². The molecular weight excluding hydrogens is 436 g/mol. The first-order valence-electron chi connectivity index (χ1n) is 9.70. The van der Waals surface area contributed by atoms with Gasteiger partial charge in [-0.25, -0.2) is 4.79 Å². The third-order valence-corrected chi connectivity index (χ3v) is 5.44. The number of hydrogen-bond donors (Lipinski definition) is 0. The Morgan fingerprint density at radius 2 is 1.97 bits per heavy atom. The lowest BCUT2D eigenvalue weighted by Crippen LogP contribution is -2.42. The number of para-hydroxylation sites is 1. The van der Waals surface area contributed by atoms with Crippen molar-refractivity contribution < 1.29 is 28.8 Å². The van der Waals surface area contributed by atoms with Crippen molar-refractivity contribution in [1.29, 1.82) is 0 Å². The van der Waals surface area contributed by atoms with E-state index in [0.717, 1.165) is 16.7 Å². The van der Waals surface area contributed by atoms with E-state index in [4.69, 9.17) is 9.47 Å². The van der Waals surface area contributed by atoms with Gasteiger partial charge < -0.3 is 9.47 Å². The molecule has 1 saturated heterocycles. The second-order valence-electron chi connectivity index (χ2n) is 6.73. The van der Waals surface area contributed by atoms with Crippen LogP contribution in [0.2, 0.25) is 0 Å². The van der Waals surface area contributed by atoms with Crippen molar-refractivity contribution >= 4 is 40.6 Å². The molecule has 0 saturated carbocycles. The summed E-state index contributed by atoms with van der Waals surface area (Å²) in [7, 11) is 0. The van der Waals surface area contributed by atoms with Crippen LogP contribution in [0.15, 0.2) is 53.4 Å². The predicted molar refractivity (Wildman–Crippen MR) is 118 cm³/mol. The van der Waals surface area contributed by atoms with E-state index in [1.807, 2.05) is 0 Å². The molecule has 10 heteroatoms. The van der Waals surface area contributed by atoms with Gasteiger partial charge in [0.1, 0.15) is 18.4 Å². The van der Waals surface area contributed by atoms with Gasteiger partial charge >= 0.3 is 5.97 Å². The van der Waals surface area contributed by atoms with E-state index in [-0.39, 0.29) is 23.8 Å². The van der Waals surface area contributed by atoms with E-state index in [1.54, 1.807) is 43.3 Å². The quantitative estimate of drug-likeness (QED) is 0.252. The summed E-state index contributed by atoms with van der Waals surface area (Å²) in [6.45, 7) is 3.30. The summed E-state index contributed by atoms with van der Waals surface area (Å²) < 4.78 is 10.7. The summed E-state index contributed by atoms with van der Waals surface area (Å²) in [5, 5.41) is 10.4. The average Bonchev–Trinajstić information content (AvgIpc) is 3.05. The zero-order valence-electron chi connectivity index (χ0n) is 17.3. The summed E-state index contributed by atoms with van der Waals surface area (Å²) in [4.78, 5) is 48.6. The third-order valence-electron chi connectivity index (χ3n) is 4.56. The van der Waals surface area contributed by atoms with Crippen LogP contribution in [0.5, 0.6) is 5.75 Å². The number of hydrogen-bond acceptors (Lipinski definition) is 8. The number of nitro benzene ring substituents is 1. The molecule has 1 fully saturated rings. The Labute approximate surface area is 188 Å². The topological polar surface area (TPSA) is 116 Å². The maximum atomic E-state index is 12.8. The van der Waals surface area contributed by atoms with Crippen LogP contribution in [0.1, 0.15) is 25.0 Å². The van der Waals surface area contributed by atoms with Gasteiger partial charge in [-0.2, -0.15) is 0 Å². The van der Waals surface area contributed by atoms with Gasteiger partial charge in [-0.3, -0.25) is 24.6 Å². The number of thioether (sulfide) groups is 1. The Kier molecular flexibility index (Phi) is 7.26. The van der Waals surface area contributed by atoms with Crippen molar-refractivity contribution in [2.75, 3.05) is 6.61 Å². The molecular formula is C22H20N2O7S. The van der Waals surface area contributed by atoms with Crippen molar-refractivity contribution in [2.45, 2.75) is 26.5 Å². The minimum absolute atomic E-state index is 0.0382. The minimum Gasteiger partial charge on any atom is -0.488 e. The average molecular weight is 456 g/mol. The number of amides is 2. The highest BCUT2D eigenvalue weighted by molar-refractivity contribution is 8.18. The van der Waals surface area contributed by atoms with Crippen molar-refractivity contribution in [1.82, 2.24) is 4.90 Å². The number of nitrogens with zero attached hydrogens (tertiary/aromatic N) is 2. The molecule has 1 aliphatic rings. The first-order chi connectivity index (χ1) is 15.3. The highest BCUT2D eigenvalue weighted by Gasteiger charge is 2.41. The van der Waals surface area contributed by atoms with Crippen LogP contribution in [-0.4, -0.2) is 39.6 Å². The van der Waals surface area contributed by atoms with Gasteiger partial charge in [0, 0.05) is 17.7 Å². The molecule has 9 nitrogen and oxygen atoms in total. The second kappa shape index (κ2) is 10.1. The molecule has 2 amide bonds. The largest absolute Gasteiger partial charge is 0.488 e. The monoisotopic (exact) mass is 456 g/mol. The molecule has 2 aromatic carbocycles. The van der Waals surface area contributed by atoms with Crippen LogP contribution < -0.4 is 4.74 Å². The van der Waals surface area contributed by atoms with E-state index < -0.39 is 28.1 Å². The molecule has 32 heavy (non-hydrogen) atoms. The van der Waals surface area contributed by atoms with E-state index >= 15 is 0 Å². The van der Waals surface area contributed by atoms with Crippen LogP contribution in [0.3, 0.4) is 0 Å². The molecule has 0 aliphatic carbocycles. The number of esters is 1. The zero-order valence-corrected chi connectivity index (χ0v) is 18.2. The van der Waals surface area contributed by atoms with Gasteiger partial charge in [0.2, 0.25) is 0 Å². The first kappa shape index (κ1) is 23.0. The molecule has 1 unspecified atom stereocenters. The molecule has 1 atom stereocenters. The number of imide groups is 1. The highest BCUT2D eigenvalue weighted by atomic mass is 32.2. The van der Waals surface area contributed by atoms with Gasteiger partial charge in [0.25, 0.3) is 16.8 Å². The Morgan fingerprint density at radius 3 is 2.69 bits per heavy atom. The molecule has 0 aromatic heterocycles. The maximum Gasteiger partial charge on any atom is 0.329 e. The number of benzene rings is 2. The molecule has 1 aliphatic heterocycles. The van der Waals surface area contributed by atoms with Crippen LogP contribution in [-0.2, 0) is 20.9 Å². The van der Waals surface area contributed by atoms with Crippen molar-refractivity contribution in [3.8, 4) is 5.75 Å². The van der Waals surface area contributed by atoms with Crippen molar-refractivity contribution in [2.24, 2.45) is 0 Å². The summed E-state index contributed by atoms with van der Waals surface area (Å²) in [6, 6.07) is 12.0. The predicted octanol–water partition coefficient (Wildman–Crippen LogP) is 4.16. The lowest BCUT2D eigenvalue weighted by Gasteiger charge is -2.19. The number of carbonyl (C=O) groups is 3. The van der Waals surface area contributed by atoms with Crippen molar-refractivity contribution in [3.05, 3.63) is 74.7 Å². The minimum atomic E-state index is -1.03. The summed E-state index contributed by atoms with van der Waals surface area (Å²) in [5.41, 5.74) is 1.12. The van der Waals surface area contributed by atoms with Crippen LogP contribution in [0, 0.1) is 10.1 Å². The van der Waals surface area contributed by atoms with Gasteiger partial charge in [0.15, 0.2) is 0 Å². The lowest BCUT2D eigenvalue weighted by atomic mass is 10.1. The SMILES string of the molecule is CCOC(=O)C(C)N1C(=O)SC(=Cc2ccccc2OCc2cccc([N+](=O)[O-])c2)C1=O. The fourth-order valence-corrected chi connectivity index (χ4v) is 3.87. The summed E-state index contributed by atoms with van der Waals surface area (Å²) in [6.07, 6.45) is 1.52. The molecule has 3 rings (SSSR count). The molecule has 2 aromatic rings. The number of non-ortho nitro benzene ring substituents is 1. The number of ether oxygens (including phenoxy) is 2. The van der Waals surface area contributed by atoms with Crippen LogP contribution in [0.4, 0.5) is 10.5 Å². The first-order valence-corrected chi connectivity index (χ1v) is 10.5. The highest BCUT2D eigenvalue weighted by Crippen LogP contribution is 2.35. The number of carbonyl (C=O) groups excluding carboxylic acids is 3. The molecule has 0 spiro atoms. The molecule has 0 N–H and O–H groups in total. The van der Waals surface area contributed by atoms with Gasteiger partial charge in [-0.05, 0) is 43.3 Å². The Balaban J connectivity index is 1.79. The molecule has 0 radical (unpaired) electrons. The van der Waals surface area contributed by atoms with Gasteiger partial charge in [-0.1, -0.05) is 30.3 Å². The Bertz CT molecular complexity index is 1100. The van der Waals surface area contributed by atoms with Crippen LogP contribution >= 0.6 is 11.8 Å².